The summed E-state index contributed by atoms with van der Waals surface area (Å²) in [5.74, 6) is 3.07. The van der Waals surface area contributed by atoms with Crippen LogP contribution in [0.5, 0.6) is 17.2 Å². The Morgan fingerprint density at radius 1 is 1.07 bits per heavy atom. The lowest BCUT2D eigenvalue weighted by molar-refractivity contribution is 0.0377. The third kappa shape index (κ3) is 7.62. The molecule has 0 amide bonds. The zero-order valence-corrected chi connectivity index (χ0v) is 18.3. The second-order valence-electron chi connectivity index (χ2n) is 6.76. The van der Waals surface area contributed by atoms with Crippen LogP contribution in [-0.4, -0.2) is 84.7 Å². The van der Waals surface area contributed by atoms with Crippen molar-refractivity contribution >= 4 is 5.96 Å². The molecule has 0 saturated carbocycles. The number of morpholine rings is 1. The molecule has 2 rings (SSSR count). The van der Waals surface area contributed by atoms with E-state index in [2.05, 4.69) is 22.5 Å². The van der Waals surface area contributed by atoms with Crippen LogP contribution >= 0.6 is 0 Å². The van der Waals surface area contributed by atoms with Crippen molar-refractivity contribution < 1.29 is 18.9 Å². The van der Waals surface area contributed by atoms with Gasteiger partial charge in [-0.3, -0.25) is 9.89 Å². The highest BCUT2D eigenvalue weighted by molar-refractivity contribution is 5.79. The molecule has 0 atom stereocenters. The zero-order valence-electron chi connectivity index (χ0n) is 18.3. The number of guanidine groups is 1. The highest BCUT2D eigenvalue weighted by atomic mass is 16.5. The largest absolute Gasteiger partial charge is 0.496 e. The molecule has 29 heavy (non-hydrogen) atoms. The van der Waals surface area contributed by atoms with E-state index in [1.807, 2.05) is 12.1 Å². The first kappa shape index (κ1) is 23.1. The maximum Gasteiger partial charge on any atom is 0.191 e. The molecule has 0 spiro atoms. The minimum Gasteiger partial charge on any atom is -0.496 e. The fourth-order valence-corrected chi connectivity index (χ4v) is 3.28. The summed E-state index contributed by atoms with van der Waals surface area (Å²) in [6.07, 6.45) is 1.78. The number of rotatable bonds is 11. The van der Waals surface area contributed by atoms with Gasteiger partial charge in [-0.2, -0.15) is 0 Å². The van der Waals surface area contributed by atoms with E-state index in [0.29, 0.717) is 12.3 Å². The van der Waals surface area contributed by atoms with Crippen molar-refractivity contribution in [2.24, 2.45) is 4.99 Å². The van der Waals surface area contributed by atoms with Crippen LogP contribution in [0.4, 0.5) is 0 Å². The second-order valence-corrected chi connectivity index (χ2v) is 6.76. The molecule has 8 nitrogen and oxygen atoms in total. The molecule has 0 aromatic heterocycles. The minimum absolute atomic E-state index is 0.713. The predicted octanol–water partition coefficient (Wildman–Crippen LogP) is 1.53. The molecule has 1 heterocycles. The fourth-order valence-electron chi connectivity index (χ4n) is 3.28. The van der Waals surface area contributed by atoms with E-state index in [0.717, 1.165) is 81.8 Å². The quantitative estimate of drug-likeness (QED) is 0.327. The molecule has 8 heteroatoms. The molecule has 1 aliphatic rings. The van der Waals surface area contributed by atoms with E-state index in [1.165, 1.54) is 0 Å². The lowest BCUT2D eigenvalue weighted by atomic mass is 10.1. The second kappa shape index (κ2) is 13.1. The third-order valence-corrected chi connectivity index (χ3v) is 4.83. The average molecular weight is 409 g/mol. The minimum atomic E-state index is 0.713. The Bertz CT molecular complexity index is 608. The Labute approximate surface area is 174 Å². The standard InChI is InChI=1S/C21H36N4O4/c1-5-22-21(23-8-6-10-25-11-13-29-14-12-25)24-9-7-18-19(27-3)15-17(26-2)16-20(18)28-4/h15-16H,5-14H2,1-4H3,(H2,22,23,24). The summed E-state index contributed by atoms with van der Waals surface area (Å²) in [5, 5.41) is 6.71. The summed E-state index contributed by atoms with van der Waals surface area (Å²) in [6.45, 7) is 9.19. The van der Waals surface area contributed by atoms with Crippen LogP contribution in [0.25, 0.3) is 0 Å². The summed E-state index contributed by atoms with van der Waals surface area (Å²) in [7, 11) is 4.95. The van der Waals surface area contributed by atoms with Gasteiger partial charge in [0.05, 0.1) is 34.5 Å². The van der Waals surface area contributed by atoms with Crippen LogP contribution < -0.4 is 24.8 Å². The van der Waals surface area contributed by atoms with Crippen LogP contribution in [0.1, 0.15) is 18.9 Å². The fraction of sp³-hybridized carbons (Fsp3) is 0.667. The molecule has 0 bridgehead atoms. The number of hydrogen-bond acceptors (Lipinski definition) is 6. The van der Waals surface area contributed by atoms with Gasteiger partial charge < -0.3 is 29.6 Å². The molecule has 1 fully saturated rings. The molecular formula is C21H36N4O4. The van der Waals surface area contributed by atoms with E-state index in [1.54, 1.807) is 21.3 Å². The van der Waals surface area contributed by atoms with Gasteiger partial charge in [-0.05, 0) is 19.8 Å². The number of hydrogen-bond donors (Lipinski definition) is 2. The Morgan fingerprint density at radius 3 is 2.34 bits per heavy atom. The van der Waals surface area contributed by atoms with Crippen LogP contribution in [0.3, 0.4) is 0 Å². The topological polar surface area (TPSA) is 76.6 Å². The van der Waals surface area contributed by atoms with Crippen molar-refractivity contribution in [3.8, 4) is 17.2 Å². The van der Waals surface area contributed by atoms with Crippen molar-refractivity contribution in [3.05, 3.63) is 17.7 Å². The van der Waals surface area contributed by atoms with Gasteiger partial charge in [0.2, 0.25) is 0 Å². The SMILES string of the molecule is CCNC(=NCCCN1CCOCC1)NCCc1c(OC)cc(OC)cc1OC. The van der Waals surface area contributed by atoms with Gasteiger partial charge in [0.25, 0.3) is 0 Å². The van der Waals surface area contributed by atoms with Crippen LogP contribution in [0, 0.1) is 0 Å². The Hall–Kier alpha value is -2.19. The highest BCUT2D eigenvalue weighted by Gasteiger charge is 2.13. The van der Waals surface area contributed by atoms with Crippen LogP contribution in [-0.2, 0) is 11.2 Å². The molecule has 0 unspecified atom stereocenters. The third-order valence-electron chi connectivity index (χ3n) is 4.83. The Balaban J connectivity index is 1.86. The van der Waals surface area contributed by atoms with Gasteiger partial charge in [-0.1, -0.05) is 0 Å². The van der Waals surface area contributed by atoms with Gasteiger partial charge in [0.1, 0.15) is 17.2 Å². The normalized spacial score (nSPS) is 15.1. The zero-order chi connectivity index (χ0) is 20.9. The lowest BCUT2D eigenvalue weighted by Crippen LogP contribution is -2.39. The maximum absolute atomic E-state index is 5.53. The number of benzene rings is 1. The van der Waals surface area contributed by atoms with Gasteiger partial charge in [0.15, 0.2) is 5.96 Å². The summed E-state index contributed by atoms with van der Waals surface area (Å²) in [6, 6.07) is 3.76. The van der Waals surface area contributed by atoms with Crippen molar-refractivity contribution in [2.75, 3.05) is 73.8 Å². The highest BCUT2D eigenvalue weighted by Crippen LogP contribution is 2.34. The van der Waals surface area contributed by atoms with Crippen molar-refractivity contribution in [3.63, 3.8) is 0 Å². The molecular weight excluding hydrogens is 372 g/mol. The van der Waals surface area contributed by atoms with Crippen molar-refractivity contribution in [1.82, 2.24) is 15.5 Å². The van der Waals surface area contributed by atoms with Crippen molar-refractivity contribution in [1.29, 1.82) is 0 Å². The van der Waals surface area contributed by atoms with Gasteiger partial charge in [-0.25, -0.2) is 0 Å². The number of methoxy groups -OCH3 is 3. The van der Waals surface area contributed by atoms with E-state index in [-0.39, 0.29) is 0 Å². The van der Waals surface area contributed by atoms with E-state index in [9.17, 15) is 0 Å². The first-order valence-corrected chi connectivity index (χ1v) is 10.3. The first-order valence-electron chi connectivity index (χ1n) is 10.3. The molecule has 0 radical (unpaired) electrons. The number of nitrogens with one attached hydrogen (secondary N) is 2. The molecule has 1 aromatic rings. The Kier molecular flexibility index (Phi) is 10.4. The molecule has 1 saturated heterocycles. The lowest BCUT2D eigenvalue weighted by Gasteiger charge is -2.26. The Morgan fingerprint density at radius 2 is 1.76 bits per heavy atom. The van der Waals surface area contributed by atoms with E-state index >= 15 is 0 Å². The molecule has 1 aliphatic heterocycles. The molecule has 0 aliphatic carbocycles. The molecule has 164 valence electrons. The molecule has 2 N–H and O–H groups in total. The van der Waals surface area contributed by atoms with Gasteiger partial charge in [0, 0.05) is 57.0 Å². The summed E-state index contributed by atoms with van der Waals surface area (Å²) >= 11 is 0. The van der Waals surface area contributed by atoms with E-state index < -0.39 is 0 Å². The first-order chi connectivity index (χ1) is 14.2. The summed E-state index contributed by atoms with van der Waals surface area (Å²) in [4.78, 5) is 7.13. The number of aliphatic imine (C=N–C) groups is 1. The average Bonchev–Trinajstić information content (AvgIpc) is 2.77. The maximum atomic E-state index is 5.53. The summed E-state index contributed by atoms with van der Waals surface area (Å²) in [5.41, 5.74) is 1.01. The van der Waals surface area contributed by atoms with Crippen LogP contribution in [0.2, 0.25) is 0 Å². The van der Waals surface area contributed by atoms with Crippen molar-refractivity contribution in [2.45, 2.75) is 19.8 Å². The predicted molar refractivity (Wildman–Crippen MR) is 116 cm³/mol. The summed E-state index contributed by atoms with van der Waals surface area (Å²) < 4.78 is 21.8. The van der Waals surface area contributed by atoms with Gasteiger partial charge >= 0.3 is 0 Å². The smallest absolute Gasteiger partial charge is 0.191 e. The molecule has 1 aromatic carbocycles. The van der Waals surface area contributed by atoms with Crippen LogP contribution in [0.15, 0.2) is 17.1 Å². The number of nitrogens with zero attached hydrogens (tertiary/aromatic N) is 2. The van der Waals surface area contributed by atoms with Gasteiger partial charge in [-0.15, -0.1) is 0 Å². The number of ether oxygens (including phenoxy) is 4. The van der Waals surface area contributed by atoms with E-state index in [4.69, 9.17) is 23.9 Å². The monoisotopic (exact) mass is 408 g/mol.